The highest BCUT2D eigenvalue weighted by molar-refractivity contribution is 9.10. The Morgan fingerprint density at radius 3 is 2.41 bits per heavy atom. The molecule has 108 valence electrons. The first-order valence-electron chi connectivity index (χ1n) is 6.68. The molecule has 0 aliphatic heterocycles. The van der Waals surface area contributed by atoms with E-state index in [1.165, 1.54) is 0 Å². The van der Waals surface area contributed by atoms with E-state index in [2.05, 4.69) is 31.2 Å². The lowest BCUT2D eigenvalue weighted by molar-refractivity contribution is 0.102. The normalized spacial score (nSPS) is 10.2. The van der Waals surface area contributed by atoms with Gasteiger partial charge in [0.1, 0.15) is 5.69 Å². The van der Waals surface area contributed by atoms with Crippen LogP contribution in [0.3, 0.4) is 0 Å². The van der Waals surface area contributed by atoms with Crippen LogP contribution in [0.2, 0.25) is 0 Å². The Labute approximate surface area is 136 Å². The van der Waals surface area contributed by atoms with E-state index in [9.17, 15) is 4.79 Å². The Bertz CT molecular complexity index is 789. The molecule has 0 aliphatic carbocycles. The number of amides is 1. The van der Waals surface area contributed by atoms with Gasteiger partial charge in [0.05, 0.1) is 11.4 Å². The number of carbonyl (C=O) groups is 1. The van der Waals surface area contributed by atoms with Crippen LogP contribution in [-0.4, -0.2) is 15.9 Å². The van der Waals surface area contributed by atoms with Gasteiger partial charge in [-0.3, -0.25) is 9.78 Å². The predicted molar refractivity (Wildman–Crippen MR) is 89.6 cm³/mol. The van der Waals surface area contributed by atoms with Crippen LogP contribution in [0.1, 0.15) is 10.5 Å². The predicted octanol–water partition coefficient (Wildman–Crippen LogP) is 4.16. The number of hydrogen-bond acceptors (Lipinski definition) is 3. The molecule has 0 atom stereocenters. The molecule has 4 nitrogen and oxygen atoms in total. The number of nitrogens with zero attached hydrogens (tertiary/aromatic N) is 2. The Morgan fingerprint density at radius 2 is 1.68 bits per heavy atom. The summed E-state index contributed by atoms with van der Waals surface area (Å²) in [5.41, 5.74) is 2.48. The van der Waals surface area contributed by atoms with Crippen molar-refractivity contribution >= 4 is 27.5 Å². The van der Waals surface area contributed by atoms with Gasteiger partial charge in [0.2, 0.25) is 0 Å². The van der Waals surface area contributed by atoms with Crippen molar-refractivity contribution < 1.29 is 4.79 Å². The third kappa shape index (κ3) is 3.38. The Morgan fingerprint density at radius 1 is 0.909 bits per heavy atom. The van der Waals surface area contributed by atoms with Gasteiger partial charge in [0.15, 0.2) is 0 Å². The second kappa shape index (κ2) is 6.49. The molecule has 1 aromatic carbocycles. The minimum Gasteiger partial charge on any atom is -0.321 e. The lowest BCUT2D eigenvalue weighted by atomic mass is 10.2. The summed E-state index contributed by atoms with van der Waals surface area (Å²) in [6.07, 6.45) is 1.70. The van der Waals surface area contributed by atoms with E-state index in [1.54, 1.807) is 18.3 Å². The third-order valence-electron chi connectivity index (χ3n) is 3.01. The maximum Gasteiger partial charge on any atom is 0.274 e. The summed E-state index contributed by atoms with van der Waals surface area (Å²) in [4.78, 5) is 20.9. The van der Waals surface area contributed by atoms with Crippen molar-refractivity contribution in [2.45, 2.75) is 0 Å². The highest BCUT2D eigenvalue weighted by Crippen LogP contribution is 2.16. The lowest BCUT2D eigenvalue weighted by Crippen LogP contribution is -2.13. The second-order valence-corrected chi connectivity index (χ2v) is 5.50. The number of pyridine rings is 2. The molecule has 3 rings (SSSR count). The number of carbonyl (C=O) groups excluding carboxylic acids is 1. The standard InChI is InChI=1S/C17H12BrN3O/c18-12-7-9-13(10-8-12)20-17(22)16-6-3-5-15(21-16)14-4-1-2-11-19-14/h1-11H,(H,20,22). The zero-order chi connectivity index (χ0) is 15.4. The van der Waals surface area contributed by atoms with Crippen molar-refractivity contribution in [3.8, 4) is 11.4 Å². The molecule has 0 radical (unpaired) electrons. The molecule has 5 heteroatoms. The van der Waals surface area contributed by atoms with Crippen molar-refractivity contribution in [3.63, 3.8) is 0 Å². The van der Waals surface area contributed by atoms with E-state index in [4.69, 9.17) is 0 Å². The van der Waals surface area contributed by atoms with E-state index in [1.807, 2.05) is 48.5 Å². The lowest BCUT2D eigenvalue weighted by Gasteiger charge is -2.06. The highest BCUT2D eigenvalue weighted by Gasteiger charge is 2.09. The molecular weight excluding hydrogens is 342 g/mol. The molecule has 0 saturated heterocycles. The van der Waals surface area contributed by atoms with Crippen LogP contribution >= 0.6 is 15.9 Å². The number of rotatable bonds is 3. The average Bonchev–Trinajstić information content (AvgIpc) is 2.58. The SMILES string of the molecule is O=C(Nc1ccc(Br)cc1)c1cccc(-c2ccccn2)n1. The molecular formula is C17H12BrN3O. The van der Waals surface area contributed by atoms with Crippen LogP contribution in [0.5, 0.6) is 0 Å². The molecule has 1 N–H and O–H groups in total. The van der Waals surface area contributed by atoms with Gasteiger partial charge >= 0.3 is 0 Å². The van der Waals surface area contributed by atoms with Crippen LogP contribution in [0.4, 0.5) is 5.69 Å². The van der Waals surface area contributed by atoms with Gasteiger partial charge in [-0.1, -0.05) is 28.1 Å². The number of benzene rings is 1. The summed E-state index contributed by atoms with van der Waals surface area (Å²) in [6.45, 7) is 0. The summed E-state index contributed by atoms with van der Waals surface area (Å²) in [5, 5.41) is 2.82. The Hall–Kier alpha value is -2.53. The maximum atomic E-state index is 12.3. The van der Waals surface area contributed by atoms with Gasteiger partial charge in [0, 0.05) is 16.4 Å². The van der Waals surface area contributed by atoms with Crippen molar-refractivity contribution in [1.29, 1.82) is 0 Å². The molecule has 0 bridgehead atoms. The third-order valence-corrected chi connectivity index (χ3v) is 3.54. The molecule has 0 aliphatic rings. The first kappa shape index (κ1) is 14.4. The molecule has 2 heterocycles. The zero-order valence-electron chi connectivity index (χ0n) is 11.5. The molecule has 0 saturated carbocycles. The molecule has 3 aromatic rings. The monoisotopic (exact) mass is 353 g/mol. The van der Waals surface area contributed by atoms with Crippen LogP contribution in [-0.2, 0) is 0 Å². The van der Waals surface area contributed by atoms with E-state index in [0.29, 0.717) is 11.4 Å². The first-order chi connectivity index (χ1) is 10.7. The van der Waals surface area contributed by atoms with E-state index >= 15 is 0 Å². The topological polar surface area (TPSA) is 54.9 Å². The number of nitrogens with one attached hydrogen (secondary N) is 1. The quantitative estimate of drug-likeness (QED) is 0.769. The number of halogens is 1. The number of aromatic nitrogens is 2. The fourth-order valence-electron chi connectivity index (χ4n) is 1.95. The van der Waals surface area contributed by atoms with Crippen LogP contribution < -0.4 is 5.32 Å². The Kier molecular flexibility index (Phi) is 4.25. The van der Waals surface area contributed by atoms with Gasteiger partial charge in [0.25, 0.3) is 5.91 Å². The average molecular weight is 354 g/mol. The van der Waals surface area contributed by atoms with Crippen LogP contribution in [0, 0.1) is 0 Å². The van der Waals surface area contributed by atoms with Gasteiger partial charge < -0.3 is 5.32 Å². The molecule has 1 amide bonds. The fourth-order valence-corrected chi connectivity index (χ4v) is 2.21. The largest absolute Gasteiger partial charge is 0.321 e. The maximum absolute atomic E-state index is 12.3. The number of hydrogen-bond donors (Lipinski definition) is 1. The van der Waals surface area contributed by atoms with Gasteiger partial charge in [-0.25, -0.2) is 4.98 Å². The summed E-state index contributed by atoms with van der Waals surface area (Å²) in [5.74, 6) is -0.250. The summed E-state index contributed by atoms with van der Waals surface area (Å²) < 4.78 is 0.959. The van der Waals surface area contributed by atoms with Crippen molar-refractivity contribution in [3.05, 3.63) is 77.0 Å². The van der Waals surface area contributed by atoms with Crippen molar-refractivity contribution in [2.24, 2.45) is 0 Å². The second-order valence-electron chi connectivity index (χ2n) is 4.58. The highest BCUT2D eigenvalue weighted by atomic mass is 79.9. The smallest absolute Gasteiger partial charge is 0.274 e. The van der Waals surface area contributed by atoms with Gasteiger partial charge in [-0.15, -0.1) is 0 Å². The zero-order valence-corrected chi connectivity index (χ0v) is 13.1. The van der Waals surface area contributed by atoms with E-state index < -0.39 is 0 Å². The van der Waals surface area contributed by atoms with Gasteiger partial charge in [-0.05, 0) is 48.5 Å². The molecule has 0 fully saturated rings. The summed E-state index contributed by atoms with van der Waals surface area (Å²) >= 11 is 3.36. The number of anilines is 1. The van der Waals surface area contributed by atoms with Crippen molar-refractivity contribution in [2.75, 3.05) is 5.32 Å². The van der Waals surface area contributed by atoms with Crippen LogP contribution in [0.15, 0.2) is 71.3 Å². The summed E-state index contributed by atoms with van der Waals surface area (Å²) in [6, 6.07) is 18.3. The van der Waals surface area contributed by atoms with E-state index in [0.717, 1.165) is 15.9 Å². The molecule has 0 spiro atoms. The Balaban J connectivity index is 1.82. The molecule has 0 unspecified atom stereocenters. The molecule has 2 aromatic heterocycles. The first-order valence-corrected chi connectivity index (χ1v) is 7.47. The minimum atomic E-state index is -0.250. The van der Waals surface area contributed by atoms with Gasteiger partial charge in [-0.2, -0.15) is 0 Å². The minimum absolute atomic E-state index is 0.250. The van der Waals surface area contributed by atoms with E-state index in [-0.39, 0.29) is 5.91 Å². The van der Waals surface area contributed by atoms with Crippen LogP contribution in [0.25, 0.3) is 11.4 Å². The summed E-state index contributed by atoms with van der Waals surface area (Å²) in [7, 11) is 0. The molecule has 22 heavy (non-hydrogen) atoms. The fraction of sp³-hybridized carbons (Fsp3) is 0. The van der Waals surface area contributed by atoms with Crippen molar-refractivity contribution in [1.82, 2.24) is 9.97 Å².